The molecule has 1 aliphatic heterocycles. The van der Waals surface area contributed by atoms with Crippen molar-refractivity contribution >= 4 is 23.6 Å². The Morgan fingerprint density at radius 3 is 2.48 bits per heavy atom. The molecule has 3 rings (SSSR count). The van der Waals surface area contributed by atoms with Crippen molar-refractivity contribution in [2.24, 2.45) is 0 Å². The summed E-state index contributed by atoms with van der Waals surface area (Å²) in [6, 6.07) is 12.9. The van der Waals surface area contributed by atoms with Crippen molar-refractivity contribution in [2.45, 2.75) is 6.92 Å². The summed E-state index contributed by atoms with van der Waals surface area (Å²) in [7, 11) is 0. The fourth-order valence-corrected chi connectivity index (χ4v) is 2.88. The number of rotatable bonds is 5. The van der Waals surface area contributed by atoms with Gasteiger partial charge in [0, 0.05) is 30.8 Å². The molecule has 0 unspecified atom stereocenters. The van der Waals surface area contributed by atoms with Crippen molar-refractivity contribution in [3.05, 3.63) is 81.0 Å². The molecule has 0 saturated carbocycles. The lowest BCUT2D eigenvalue weighted by atomic mass is 10.1. The number of nitrogens with one attached hydrogen (secondary N) is 1. The number of hydrogen-bond acceptors (Lipinski definition) is 5. The second-order valence-corrected chi connectivity index (χ2v) is 6.63. The monoisotopic (exact) mass is 395 g/mol. The molecule has 8 heteroatoms. The molecular weight excluding hydrogens is 374 g/mol. The summed E-state index contributed by atoms with van der Waals surface area (Å²) >= 11 is 0. The first-order chi connectivity index (χ1) is 13.9. The van der Waals surface area contributed by atoms with E-state index in [0.717, 1.165) is 5.56 Å². The summed E-state index contributed by atoms with van der Waals surface area (Å²) in [6.45, 7) is 3.57. The fraction of sp³-hybridized carbons (Fsp3) is 0.238. The minimum Gasteiger partial charge on any atom is -0.378 e. The molecule has 2 amide bonds. The van der Waals surface area contributed by atoms with Crippen molar-refractivity contribution in [3.8, 4) is 0 Å². The van der Waals surface area contributed by atoms with Gasteiger partial charge >= 0.3 is 0 Å². The lowest BCUT2D eigenvalue weighted by Crippen LogP contribution is -2.44. The highest BCUT2D eigenvalue weighted by Gasteiger charge is 2.23. The van der Waals surface area contributed by atoms with E-state index in [4.69, 9.17) is 4.74 Å². The van der Waals surface area contributed by atoms with Crippen molar-refractivity contribution < 1.29 is 19.2 Å². The van der Waals surface area contributed by atoms with E-state index < -0.39 is 10.8 Å². The predicted octanol–water partition coefficient (Wildman–Crippen LogP) is 2.53. The van der Waals surface area contributed by atoms with Gasteiger partial charge in [0.25, 0.3) is 17.5 Å². The average Bonchev–Trinajstić information content (AvgIpc) is 2.74. The quantitative estimate of drug-likeness (QED) is 0.476. The lowest BCUT2D eigenvalue weighted by Gasteiger charge is -2.27. The highest BCUT2D eigenvalue weighted by Crippen LogP contribution is 2.17. The highest BCUT2D eigenvalue weighted by molar-refractivity contribution is 6.05. The SMILES string of the molecule is Cc1ccc(C(=O)NC(=Cc2cccc([N+](=O)[O-])c2)C(=O)N2CCOCC2)cc1. The van der Waals surface area contributed by atoms with E-state index in [0.29, 0.717) is 37.4 Å². The number of hydrogen-bond donors (Lipinski definition) is 1. The zero-order valence-corrected chi connectivity index (χ0v) is 16.0. The first kappa shape index (κ1) is 20.2. The zero-order chi connectivity index (χ0) is 20.8. The van der Waals surface area contributed by atoms with Crippen LogP contribution in [0.4, 0.5) is 5.69 Å². The maximum absolute atomic E-state index is 13.0. The van der Waals surface area contributed by atoms with Crippen LogP contribution in [0.15, 0.2) is 54.2 Å². The molecule has 1 saturated heterocycles. The maximum Gasteiger partial charge on any atom is 0.270 e. The molecule has 1 fully saturated rings. The fourth-order valence-electron chi connectivity index (χ4n) is 2.88. The number of carbonyl (C=O) groups is 2. The molecule has 150 valence electrons. The van der Waals surface area contributed by atoms with Crippen molar-refractivity contribution in [1.82, 2.24) is 10.2 Å². The Kier molecular flexibility index (Phi) is 6.36. The predicted molar refractivity (Wildman–Crippen MR) is 107 cm³/mol. The van der Waals surface area contributed by atoms with E-state index in [9.17, 15) is 19.7 Å². The van der Waals surface area contributed by atoms with E-state index in [2.05, 4.69) is 5.32 Å². The number of nitrogens with zero attached hydrogens (tertiary/aromatic N) is 2. The molecule has 1 N–H and O–H groups in total. The van der Waals surface area contributed by atoms with E-state index >= 15 is 0 Å². The van der Waals surface area contributed by atoms with Gasteiger partial charge in [-0.05, 0) is 30.7 Å². The summed E-state index contributed by atoms with van der Waals surface area (Å²) in [5.74, 6) is -0.788. The lowest BCUT2D eigenvalue weighted by molar-refractivity contribution is -0.384. The first-order valence-electron chi connectivity index (χ1n) is 9.15. The van der Waals surface area contributed by atoms with Gasteiger partial charge in [-0.2, -0.15) is 0 Å². The second kappa shape index (κ2) is 9.11. The zero-order valence-electron chi connectivity index (χ0n) is 16.0. The Morgan fingerprint density at radius 2 is 1.83 bits per heavy atom. The molecule has 2 aromatic rings. The maximum atomic E-state index is 13.0. The number of aryl methyl sites for hydroxylation is 1. The third-order valence-corrected chi connectivity index (χ3v) is 4.48. The summed E-state index contributed by atoms with van der Waals surface area (Å²) in [4.78, 5) is 37.8. The van der Waals surface area contributed by atoms with Crippen LogP contribution in [0.5, 0.6) is 0 Å². The van der Waals surface area contributed by atoms with Crippen LogP contribution in [0.3, 0.4) is 0 Å². The topological polar surface area (TPSA) is 102 Å². The normalized spacial score (nSPS) is 14.4. The standard InChI is InChI=1S/C21H21N3O5/c1-15-5-7-17(8-6-15)20(25)22-19(21(26)23-9-11-29-12-10-23)14-16-3-2-4-18(13-16)24(27)28/h2-8,13-14H,9-12H2,1H3,(H,22,25). The molecular formula is C21H21N3O5. The number of non-ortho nitro benzene ring substituents is 1. The molecule has 1 aliphatic rings. The second-order valence-electron chi connectivity index (χ2n) is 6.63. The van der Waals surface area contributed by atoms with E-state index in [1.165, 1.54) is 24.3 Å². The molecule has 1 heterocycles. The van der Waals surface area contributed by atoms with Gasteiger partial charge in [-0.3, -0.25) is 19.7 Å². The van der Waals surface area contributed by atoms with E-state index in [1.807, 2.05) is 19.1 Å². The van der Waals surface area contributed by atoms with Crippen LogP contribution in [-0.2, 0) is 9.53 Å². The van der Waals surface area contributed by atoms with E-state index in [-0.39, 0.29) is 17.3 Å². The number of nitro benzene ring substituents is 1. The van der Waals surface area contributed by atoms with E-state index in [1.54, 1.807) is 23.1 Å². The largest absolute Gasteiger partial charge is 0.378 e. The molecule has 8 nitrogen and oxygen atoms in total. The number of carbonyl (C=O) groups excluding carboxylic acids is 2. The van der Waals surface area contributed by atoms with Gasteiger partial charge in [0.05, 0.1) is 18.1 Å². The summed E-state index contributed by atoms with van der Waals surface area (Å²) < 4.78 is 5.28. The van der Waals surface area contributed by atoms with Crippen molar-refractivity contribution in [3.63, 3.8) is 0 Å². The van der Waals surface area contributed by atoms with Gasteiger partial charge in [-0.15, -0.1) is 0 Å². The number of ether oxygens (including phenoxy) is 1. The molecule has 0 bridgehead atoms. The Labute approximate surface area is 167 Å². The average molecular weight is 395 g/mol. The van der Waals surface area contributed by atoms with Crippen LogP contribution >= 0.6 is 0 Å². The smallest absolute Gasteiger partial charge is 0.270 e. The highest BCUT2D eigenvalue weighted by atomic mass is 16.6. The first-order valence-corrected chi connectivity index (χ1v) is 9.15. The van der Waals surface area contributed by atoms with Crippen LogP contribution in [-0.4, -0.2) is 47.9 Å². The molecule has 0 aliphatic carbocycles. The van der Waals surface area contributed by atoms with Gasteiger partial charge in [0.2, 0.25) is 0 Å². The van der Waals surface area contributed by atoms with Crippen molar-refractivity contribution in [2.75, 3.05) is 26.3 Å². The minimum absolute atomic E-state index is 0.0537. The summed E-state index contributed by atoms with van der Waals surface area (Å²) in [5.41, 5.74) is 1.83. The third kappa shape index (κ3) is 5.26. The Bertz CT molecular complexity index is 947. The van der Waals surface area contributed by atoms with Gasteiger partial charge in [0.15, 0.2) is 0 Å². The molecule has 29 heavy (non-hydrogen) atoms. The van der Waals surface area contributed by atoms with Gasteiger partial charge < -0.3 is 15.0 Å². The van der Waals surface area contributed by atoms with Crippen LogP contribution < -0.4 is 5.32 Å². The van der Waals surface area contributed by atoms with Crippen LogP contribution in [0, 0.1) is 17.0 Å². The summed E-state index contributed by atoms with van der Waals surface area (Å²) in [5, 5.41) is 13.7. The number of morpholine rings is 1. The molecule has 0 radical (unpaired) electrons. The van der Waals surface area contributed by atoms with Gasteiger partial charge in [0.1, 0.15) is 5.70 Å². The number of amides is 2. The Hall–Kier alpha value is -3.52. The van der Waals surface area contributed by atoms with Crippen molar-refractivity contribution in [1.29, 1.82) is 0 Å². The summed E-state index contributed by atoms with van der Waals surface area (Å²) in [6.07, 6.45) is 1.46. The third-order valence-electron chi connectivity index (χ3n) is 4.48. The van der Waals surface area contributed by atoms with Crippen LogP contribution in [0.2, 0.25) is 0 Å². The number of benzene rings is 2. The Morgan fingerprint density at radius 1 is 1.14 bits per heavy atom. The number of nitro groups is 1. The minimum atomic E-state index is -0.508. The molecule has 0 aromatic heterocycles. The molecule has 2 aromatic carbocycles. The van der Waals surface area contributed by atoms with Gasteiger partial charge in [-0.25, -0.2) is 0 Å². The van der Waals surface area contributed by atoms with Crippen LogP contribution in [0.1, 0.15) is 21.5 Å². The molecule has 0 atom stereocenters. The molecule has 0 spiro atoms. The van der Waals surface area contributed by atoms with Gasteiger partial charge in [-0.1, -0.05) is 29.8 Å². The Balaban J connectivity index is 1.91. The van der Waals surface area contributed by atoms with Crippen LogP contribution in [0.25, 0.3) is 6.08 Å².